The number of aromatic nitrogens is 3. The number of nitrogens with one attached hydrogen (secondary N) is 2. The molecule has 22 heavy (non-hydrogen) atoms. The van der Waals surface area contributed by atoms with E-state index >= 15 is 0 Å². The first kappa shape index (κ1) is 13.4. The summed E-state index contributed by atoms with van der Waals surface area (Å²) < 4.78 is 35.7. The van der Waals surface area contributed by atoms with Crippen LogP contribution in [0.25, 0.3) is 21.9 Å². The summed E-state index contributed by atoms with van der Waals surface area (Å²) in [6, 6.07) is 4.50. The number of sulfone groups is 1. The van der Waals surface area contributed by atoms with Crippen LogP contribution in [0, 0.1) is 11.7 Å². The minimum atomic E-state index is -2.83. The fraction of sp³-hybridized carbons (Fsp3) is 0.286. The standard InChI is InChI=1S/C14H13FN4O2S/c15-9-1-2-10-11(3-9)19-14-12(10)13(17-7-18-14)16-4-8-5-22(20,21)6-8/h1-3,7-8H,4-6H2,(H2,16,17,18,19). The summed E-state index contributed by atoms with van der Waals surface area (Å²) >= 11 is 0. The predicted molar refractivity (Wildman–Crippen MR) is 82.0 cm³/mol. The summed E-state index contributed by atoms with van der Waals surface area (Å²) in [6.07, 6.45) is 1.42. The fourth-order valence-corrected chi connectivity index (χ4v) is 4.44. The SMILES string of the molecule is O=S1(=O)CC(CNc2ncnc3[nH]c4cc(F)ccc4c23)C1. The second-order valence-corrected chi connectivity index (χ2v) is 7.74. The first-order chi connectivity index (χ1) is 10.5. The minimum absolute atomic E-state index is 0.109. The van der Waals surface area contributed by atoms with Crippen LogP contribution in [-0.2, 0) is 9.84 Å². The van der Waals surface area contributed by atoms with Crippen LogP contribution in [0.1, 0.15) is 0 Å². The van der Waals surface area contributed by atoms with Crippen LogP contribution in [0.4, 0.5) is 10.2 Å². The van der Waals surface area contributed by atoms with Gasteiger partial charge in [-0.15, -0.1) is 0 Å². The van der Waals surface area contributed by atoms with Gasteiger partial charge in [-0.25, -0.2) is 22.8 Å². The Bertz CT molecular complexity index is 971. The van der Waals surface area contributed by atoms with Gasteiger partial charge in [0.25, 0.3) is 0 Å². The molecule has 0 saturated carbocycles. The summed E-state index contributed by atoms with van der Waals surface area (Å²) in [6.45, 7) is 0.541. The zero-order valence-corrected chi connectivity index (χ0v) is 12.3. The average molecular weight is 320 g/mol. The van der Waals surface area contributed by atoms with Crippen molar-refractivity contribution in [2.24, 2.45) is 5.92 Å². The Morgan fingerprint density at radius 3 is 2.91 bits per heavy atom. The Morgan fingerprint density at radius 2 is 2.14 bits per heavy atom. The topological polar surface area (TPSA) is 87.7 Å². The number of hydrogen-bond acceptors (Lipinski definition) is 5. The van der Waals surface area contributed by atoms with Crippen molar-refractivity contribution in [3.8, 4) is 0 Å². The second kappa shape index (κ2) is 4.64. The zero-order valence-electron chi connectivity index (χ0n) is 11.5. The average Bonchev–Trinajstić information content (AvgIpc) is 2.80. The summed E-state index contributed by atoms with van der Waals surface area (Å²) in [7, 11) is -2.83. The number of anilines is 1. The highest BCUT2D eigenvalue weighted by Gasteiger charge is 2.33. The van der Waals surface area contributed by atoms with E-state index in [4.69, 9.17) is 0 Å². The monoisotopic (exact) mass is 320 g/mol. The third-order valence-corrected chi connectivity index (χ3v) is 5.85. The number of rotatable bonds is 3. The highest BCUT2D eigenvalue weighted by molar-refractivity contribution is 7.92. The fourth-order valence-electron chi connectivity index (χ4n) is 2.86. The Labute approximate surface area is 125 Å². The highest BCUT2D eigenvalue weighted by atomic mass is 32.2. The largest absolute Gasteiger partial charge is 0.369 e. The Morgan fingerprint density at radius 1 is 1.32 bits per heavy atom. The van der Waals surface area contributed by atoms with Gasteiger partial charge in [-0.3, -0.25) is 0 Å². The molecule has 4 rings (SSSR count). The molecule has 0 spiro atoms. The lowest BCUT2D eigenvalue weighted by atomic mass is 10.2. The van der Waals surface area contributed by atoms with Gasteiger partial charge in [0.2, 0.25) is 0 Å². The van der Waals surface area contributed by atoms with Crippen LogP contribution < -0.4 is 5.32 Å². The van der Waals surface area contributed by atoms with Crippen LogP contribution in [0.15, 0.2) is 24.5 Å². The lowest BCUT2D eigenvalue weighted by Gasteiger charge is -2.25. The maximum atomic E-state index is 13.3. The zero-order chi connectivity index (χ0) is 15.3. The first-order valence-electron chi connectivity index (χ1n) is 6.88. The third-order valence-electron chi connectivity index (χ3n) is 3.89. The van der Waals surface area contributed by atoms with Gasteiger partial charge in [-0.1, -0.05) is 0 Å². The molecular formula is C14H13FN4O2S. The minimum Gasteiger partial charge on any atom is -0.369 e. The Kier molecular flexibility index (Phi) is 2.83. The first-order valence-corrected chi connectivity index (χ1v) is 8.70. The van der Waals surface area contributed by atoms with E-state index in [0.717, 1.165) is 10.8 Å². The molecule has 0 bridgehead atoms. The van der Waals surface area contributed by atoms with Crippen LogP contribution in [0.5, 0.6) is 0 Å². The molecule has 0 unspecified atom stereocenters. The second-order valence-electron chi connectivity index (χ2n) is 5.58. The molecule has 6 nitrogen and oxygen atoms in total. The highest BCUT2D eigenvalue weighted by Crippen LogP contribution is 2.29. The number of fused-ring (bicyclic) bond motifs is 3. The third kappa shape index (κ3) is 2.19. The molecule has 8 heteroatoms. The van der Waals surface area contributed by atoms with E-state index in [-0.39, 0.29) is 23.2 Å². The van der Waals surface area contributed by atoms with Gasteiger partial charge < -0.3 is 10.3 Å². The molecule has 0 aliphatic carbocycles. The van der Waals surface area contributed by atoms with E-state index in [0.29, 0.717) is 23.5 Å². The molecule has 0 radical (unpaired) electrons. The number of halogens is 1. The van der Waals surface area contributed by atoms with Gasteiger partial charge in [0.05, 0.1) is 22.4 Å². The molecule has 1 fully saturated rings. The van der Waals surface area contributed by atoms with Crippen LogP contribution in [0.2, 0.25) is 0 Å². The maximum absolute atomic E-state index is 13.3. The normalized spacial score (nSPS) is 17.7. The molecule has 1 aromatic carbocycles. The molecule has 1 aliphatic rings. The van der Waals surface area contributed by atoms with Crippen molar-refractivity contribution in [1.29, 1.82) is 0 Å². The van der Waals surface area contributed by atoms with Crippen molar-refractivity contribution in [3.05, 3.63) is 30.3 Å². The van der Waals surface area contributed by atoms with Gasteiger partial charge in [0, 0.05) is 17.8 Å². The van der Waals surface area contributed by atoms with E-state index in [9.17, 15) is 12.8 Å². The Hall–Kier alpha value is -2.22. The van der Waals surface area contributed by atoms with E-state index in [1.54, 1.807) is 6.07 Å². The molecule has 114 valence electrons. The molecule has 0 amide bonds. The predicted octanol–water partition coefficient (Wildman–Crippen LogP) is 1.71. The molecule has 2 aromatic heterocycles. The van der Waals surface area contributed by atoms with Crippen LogP contribution >= 0.6 is 0 Å². The van der Waals surface area contributed by atoms with Crippen molar-refractivity contribution in [2.75, 3.05) is 23.4 Å². The van der Waals surface area contributed by atoms with E-state index in [1.807, 2.05) is 0 Å². The van der Waals surface area contributed by atoms with Crippen molar-refractivity contribution in [1.82, 2.24) is 15.0 Å². The van der Waals surface area contributed by atoms with E-state index in [2.05, 4.69) is 20.3 Å². The quantitative estimate of drug-likeness (QED) is 0.767. The van der Waals surface area contributed by atoms with Crippen molar-refractivity contribution in [3.63, 3.8) is 0 Å². The van der Waals surface area contributed by atoms with Crippen molar-refractivity contribution < 1.29 is 12.8 Å². The molecule has 2 N–H and O–H groups in total. The number of aromatic amines is 1. The van der Waals surface area contributed by atoms with Crippen molar-refractivity contribution in [2.45, 2.75) is 0 Å². The van der Waals surface area contributed by atoms with Gasteiger partial charge in [-0.05, 0) is 18.2 Å². The van der Waals surface area contributed by atoms with E-state index < -0.39 is 9.84 Å². The van der Waals surface area contributed by atoms with Gasteiger partial charge in [0.15, 0.2) is 9.84 Å². The summed E-state index contributed by atoms with van der Waals surface area (Å²) in [4.78, 5) is 11.5. The van der Waals surface area contributed by atoms with Crippen molar-refractivity contribution >= 4 is 37.6 Å². The molecule has 1 aliphatic heterocycles. The molecular weight excluding hydrogens is 307 g/mol. The van der Waals surface area contributed by atoms with Crippen LogP contribution in [-0.4, -0.2) is 41.4 Å². The lowest BCUT2D eigenvalue weighted by Crippen LogP contribution is -2.40. The summed E-state index contributed by atoms with van der Waals surface area (Å²) in [5.41, 5.74) is 1.28. The maximum Gasteiger partial charge on any atom is 0.151 e. The summed E-state index contributed by atoms with van der Waals surface area (Å²) in [5, 5.41) is 4.82. The summed E-state index contributed by atoms with van der Waals surface area (Å²) in [5.74, 6) is 0.853. The number of H-pyrrole nitrogens is 1. The van der Waals surface area contributed by atoms with Gasteiger partial charge in [0.1, 0.15) is 23.6 Å². The van der Waals surface area contributed by atoms with Crippen LogP contribution in [0.3, 0.4) is 0 Å². The molecule has 1 saturated heterocycles. The number of hydrogen-bond donors (Lipinski definition) is 2. The lowest BCUT2D eigenvalue weighted by molar-refractivity contribution is 0.532. The molecule has 3 aromatic rings. The van der Waals surface area contributed by atoms with Gasteiger partial charge >= 0.3 is 0 Å². The smallest absolute Gasteiger partial charge is 0.151 e. The van der Waals surface area contributed by atoms with E-state index in [1.165, 1.54) is 18.5 Å². The number of nitrogens with zero attached hydrogens (tertiary/aromatic N) is 2. The molecule has 0 atom stereocenters. The Balaban J connectivity index is 1.70. The number of benzene rings is 1. The molecule has 3 heterocycles. The van der Waals surface area contributed by atoms with Gasteiger partial charge in [-0.2, -0.15) is 0 Å².